The van der Waals surface area contributed by atoms with Gasteiger partial charge >= 0.3 is 0 Å². The van der Waals surface area contributed by atoms with Gasteiger partial charge in [0.2, 0.25) is 5.91 Å². The second-order valence-corrected chi connectivity index (χ2v) is 11.1. The summed E-state index contributed by atoms with van der Waals surface area (Å²) in [6.45, 7) is 8.88. The zero-order valence-corrected chi connectivity index (χ0v) is 11.3. The van der Waals surface area contributed by atoms with Crippen molar-refractivity contribution >= 4 is 14.0 Å². The van der Waals surface area contributed by atoms with Crippen LogP contribution in [0.1, 0.15) is 19.3 Å². The van der Waals surface area contributed by atoms with Gasteiger partial charge in [0.15, 0.2) is 0 Å². The summed E-state index contributed by atoms with van der Waals surface area (Å²) in [7, 11) is -1.03. The first-order chi connectivity index (χ1) is 6.99. The molecule has 0 aliphatic carbocycles. The maximum Gasteiger partial charge on any atom is 0.246 e. The fraction of sp³-hybridized carbons (Fsp3) is 0.750. The van der Waals surface area contributed by atoms with Gasteiger partial charge in [0.25, 0.3) is 0 Å². The number of carbonyl (C=O) groups is 1. The number of piperidine rings is 1. The predicted octanol–water partition coefficient (Wildman–Crippen LogP) is 2.89. The van der Waals surface area contributed by atoms with Gasteiger partial charge < -0.3 is 4.90 Å². The van der Waals surface area contributed by atoms with Crippen molar-refractivity contribution in [2.45, 2.75) is 44.9 Å². The summed E-state index contributed by atoms with van der Waals surface area (Å²) in [5, 5.41) is 0. The maximum absolute atomic E-state index is 11.7. The lowest BCUT2D eigenvalue weighted by molar-refractivity contribution is -0.126. The molecular formula is C12H23NOSi. The van der Waals surface area contributed by atoms with Crippen molar-refractivity contribution in [3.05, 3.63) is 12.2 Å². The van der Waals surface area contributed by atoms with Crippen LogP contribution >= 0.6 is 0 Å². The smallest absolute Gasteiger partial charge is 0.246 e. The summed E-state index contributed by atoms with van der Waals surface area (Å²) >= 11 is 0. The van der Waals surface area contributed by atoms with E-state index in [1.165, 1.54) is 19.3 Å². The first kappa shape index (κ1) is 12.5. The number of carbonyl (C=O) groups excluding carboxylic acids is 1. The Morgan fingerprint density at radius 3 is 2.33 bits per heavy atom. The molecule has 0 aromatic rings. The zero-order chi connectivity index (χ0) is 11.3. The first-order valence-corrected chi connectivity index (χ1v) is 9.65. The molecule has 0 saturated carbocycles. The Labute approximate surface area is 94.4 Å². The number of hydrogen-bond donors (Lipinski definition) is 0. The standard InChI is InChI=1S/C12H23NOSi/c1-15(2,3)11-7-8-12(14)13-9-5-4-6-10-13/h7-8H,4-6,9-11H2,1-3H3/b8-7+. The predicted molar refractivity (Wildman–Crippen MR) is 67.7 cm³/mol. The quantitative estimate of drug-likeness (QED) is 0.534. The van der Waals surface area contributed by atoms with Crippen molar-refractivity contribution in [2.75, 3.05) is 13.1 Å². The molecule has 1 fully saturated rings. The fourth-order valence-electron chi connectivity index (χ4n) is 1.73. The van der Waals surface area contributed by atoms with Crippen molar-refractivity contribution in [2.24, 2.45) is 0 Å². The van der Waals surface area contributed by atoms with Crippen molar-refractivity contribution in [1.29, 1.82) is 0 Å². The normalized spacial score (nSPS) is 18.5. The molecule has 0 radical (unpaired) electrons. The molecule has 0 bridgehead atoms. The van der Waals surface area contributed by atoms with Gasteiger partial charge in [-0.3, -0.25) is 4.79 Å². The summed E-state index contributed by atoms with van der Waals surface area (Å²) < 4.78 is 0. The second-order valence-electron chi connectivity index (χ2n) is 5.55. The molecule has 0 spiro atoms. The van der Waals surface area contributed by atoms with Gasteiger partial charge in [0.1, 0.15) is 0 Å². The molecule has 1 amide bonds. The van der Waals surface area contributed by atoms with E-state index in [0.717, 1.165) is 19.1 Å². The van der Waals surface area contributed by atoms with Crippen LogP contribution in [0.2, 0.25) is 25.7 Å². The highest BCUT2D eigenvalue weighted by molar-refractivity contribution is 6.76. The average molecular weight is 225 g/mol. The number of amides is 1. The van der Waals surface area contributed by atoms with E-state index in [1.807, 2.05) is 4.90 Å². The van der Waals surface area contributed by atoms with Crippen molar-refractivity contribution < 1.29 is 4.79 Å². The minimum absolute atomic E-state index is 0.216. The van der Waals surface area contributed by atoms with E-state index in [-0.39, 0.29) is 5.91 Å². The highest BCUT2D eigenvalue weighted by Gasteiger charge is 2.14. The van der Waals surface area contributed by atoms with Gasteiger partial charge in [-0.25, -0.2) is 0 Å². The molecule has 1 rings (SSSR count). The zero-order valence-electron chi connectivity index (χ0n) is 10.3. The van der Waals surface area contributed by atoms with Crippen LogP contribution < -0.4 is 0 Å². The molecule has 1 heterocycles. The molecule has 0 unspecified atom stereocenters. The van der Waals surface area contributed by atoms with E-state index in [2.05, 4.69) is 25.7 Å². The third-order valence-corrected chi connectivity index (χ3v) is 4.12. The number of rotatable bonds is 3. The lowest BCUT2D eigenvalue weighted by Crippen LogP contribution is -2.34. The highest BCUT2D eigenvalue weighted by atomic mass is 28.3. The van der Waals surface area contributed by atoms with Crippen LogP contribution in [-0.4, -0.2) is 32.0 Å². The van der Waals surface area contributed by atoms with Crippen LogP contribution in [0.5, 0.6) is 0 Å². The van der Waals surface area contributed by atoms with Crippen LogP contribution in [0, 0.1) is 0 Å². The molecule has 86 valence electrons. The van der Waals surface area contributed by atoms with Gasteiger partial charge in [-0.05, 0) is 31.4 Å². The van der Waals surface area contributed by atoms with E-state index in [0.29, 0.717) is 0 Å². The summed E-state index contributed by atoms with van der Waals surface area (Å²) in [6, 6.07) is 1.10. The van der Waals surface area contributed by atoms with Crippen LogP contribution in [0.25, 0.3) is 0 Å². The maximum atomic E-state index is 11.7. The minimum Gasteiger partial charge on any atom is -0.339 e. The SMILES string of the molecule is C[Si](C)(C)C/C=C/C(=O)N1CCCCC1. The Bertz CT molecular complexity index is 236. The number of likely N-dealkylation sites (tertiary alicyclic amines) is 1. The molecule has 0 atom stereocenters. The molecule has 0 aromatic heterocycles. The Hall–Kier alpha value is -0.573. The van der Waals surface area contributed by atoms with Crippen LogP contribution in [0.15, 0.2) is 12.2 Å². The summed E-state index contributed by atoms with van der Waals surface area (Å²) in [6.07, 6.45) is 7.48. The van der Waals surface area contributed by atoms with Gasteiger partial charge in [-0.1, -0.05) is 25.7 Å². The largest absolute Gasteiger partial charge is 0.339 e. The van der Waals surface area contributed by atoms with Gasteiger partial charge in [-0.15, -0.1) is 0 Å². The Balaban J connectivity index is 2.34. The number of allylic oxidation sites excluding steroid dienone is 1. The van der Waals surface area contributed by atoms with Crippen molar-refractivity contribution in [3.8, 4) is 0 Å². The second kappa shape index (κ2) is 5.49. The van der Waals surface area contributed by atoms with Gasteiger partial charge in [-0.2, -0.15) is 0 Å². The van der Waals surface area contributed by atoms with Gasteiger partial charge in [0, 0.05) is 21.2 Å². The van der Waals surface area contributed by atoms with Crippen molar-refractivity contribution in [1.82, 2.24) is 4.90 Å². The number of nitrogens with zero attached hydrogens (tertiary/aromatic N) is 1. The Kier molecular flexibility index (Phi) is 4.58. The summed E-state index contributed by atoms with van der Waals surface area (Å²) in [5.41, 5.74) is 0. The van der Waals surface area contributed by atoms with E-state index in [4.69, 9.17) is 0 Å². The Morgan fingerprint density at radius 1 is 1.20 bits per heavy atom. The van der Waals surface area contributed by atoms with Crippen LogP contribution in [-0.2, 0) is 4.79 Å². The highest BCUT2D eigenvalue weighted by Crippen LogP contribution is 2.11. The fourth-order valence-corrected chi connectivity index (χ4v) is 2.56. The molecule has 0 aromatic carbocycles. The molecule has 15 heavy (non-hydrogen) atoms. The monoisotopic (exact) mass is 225 g/mol. The van der Waals surface area contributed by atoms with Crippen LogP contribution in [0.3, 0.4) is 0 Å². The molecule has 2 nitrogen and oxygen atoms in total. The molecule has 0 N–H and O–H groups in total. The molecule has 3 heteroatoms. The Morgan fingerprint density at radius 2 is 1.80 bits per heavy atom. The third-order valence-electron chi connectivity index (χ3n) is 2.66. The van der Waals surface area contributed by atoms with Crippen LogP contribution in [0.4, 0.5) is 0 Å². The van der Waals surface area contributed by atoms with Crippen molar-refractivity contribution in [3.63, 3.8) is 0 Å². The van der Waals surface area contributed by atoms with Gasteiger partial charge in [0.05, 0.1) is 0 Å². The average Bonchev–Trinajstić information content (AvgIpc) is 2.17. The number of hydrogen-bond acceptors (Lipinski definition) is 1. The molecule has 1 saturated heterocycles. The minimum atomic E-state index is -1.03. The molecule has 1 aliphatic heterocycles. The molecular weight excluding hydrogens is 202 g/mol. The van der Waals surface area contributed by atoms with E-state index in [9.17, 15) is 4.79 Å². The lowest BCUT2D eigenvalue weighted by Gasteiger charge is -2.25. The van der Waals surface area contributed by atoms with E-state index >= 15 is 0 Å². The lowest BCUT2D eigenvalue weighted by atomic mass is 10.1. The van der Waals surface area contributed by atoms with E-state index in [1.54, 1.807) is 6.08 Å². The topological polar surface area (TPSA) is 20.3 Å². The van der Waals surface area contributed by atoms with E-state index < -0.39 is 8.07 Å². The first-order valence-electron chi connectivity index (χ1n) is 5.94. The summed E-state index contributed by atoms with van der Waals surface area (Å²) in [4.78, 5) is 13.7. The summed E-state index contributed by atoms with van der Waals surface area (Å²) in [5.74, 6) is 0.216. The molecule has 1 aliphatic rings. The third kappa shape index (κ3) is 5.16.